The summed E-state index contributed by atoms with van der Waals surface area (Å²) in [4.78, 5) is 14.4. The van der Waals surface area contributed by atoms with Crippen LogP contribution < -0.4 is 10.1 Å². The highest BCUT2D eigenvalue weighted by Crippen LogP contribution is 2.30. The van der Waals surface area contributed by atoms with Gasteiger partial charge in [-0.3, -0.25) is 0 Å². The molecule has 0 spiro atoms. The van der Waals surface area contributed by atoms with Crippen LogP contribution >= 0.6 is 0 Å². The minimum atomic E-state index is -4.69. The van der Waals surface area contributed by atoms with Crippen molar-refractivity contribution in [3.8, 4) is 17.1 Å². The molecule has 1 amide bonds. The summed E-state index contributed by atoms with van der Waals surface area (Å²) in [5, 5.41) is 5.56. The maximum Gasteiger partial charge on any atom is 0.471 e. The number of halogens is 3. The van der Waals surface area contributed by atoms with Gasteiger partial charge in [-0.2, -0.15) is 18.2 Å². The lowest BCUT2D eigenvalue weighted by Gasteiger charge is -2.07. The van der Waals surface area contributed by atoms with Gasteiger partial charge in [0, 0.05) is 12.6 Å². The van der Waals surface area contributed by atoms with Crippen molar-refractivity contribution in [2.45, 2.75) is 13.1 Å². The van der Waals surface area contributed by atoms with Gasteiger partial charge in [0.05, 0.1) is 0 Å². The largest absolute Gasteiger partial charge is 0.471 e. The van der Waals surface area contributed by atoms with E-state index in [1.807, 2.05) is 0 Å². The quantitative estimate of drug-likeness (QED) is 0.923. The van der Waals surface area contributed by atoms with E-state index < -0.39 is 18.2 Å². The highest BCUT2D eigenvalue weighted by Gasteiger charge is 2.38. The third-order valence-electron chi connectivity index (χ3n) is 2.51. The Labute approximate surface area is 116 Å². The van der Waals surface area contributed by atoms with Gasteiger partial charge in [0.2, 0.25) is 5.82 Å². The number of nitrogens with zero attached hydrogens (tertiary/aromatic N) is 2. The van der Waals surface area contributed by atoms with E-state index in [1.54, 1.807) is 6.92 Å². The van der Waals surface area contributed by atoms with E-state index in [9.17, 15) is 18.0 Å². The number of nitrogens with one attached hydrogen (secondary N) is 1. The number of ether oxygens (including phenoxy) is 1. The molecule has 1 N–H and O–H groups in total. The van der Waals surface area contributed by atoms with Gasteiger partial charge in [-0.15, -0.1) is 0 Å². The van der Waals surface area contributed by atoms with Crippen molar-refractivity contribution in [3.63, 3.8) is 0 Å². The lowest BCUT2D eigenvalue weighted by Crippen LogP contribution is -2.22. The van der Waals surface area contributed by atoms with E-state index in [4.69, 9.17) is 4.74 Å². The highest BCUT2D eigenvalue weighted by molar-refractivity contribution is 5.71. The summed E-state index contributed by atoms with van der Waals surface area (Å²) in [6.07, 6.45) is -5.34. The van der Waals surface area contributed by atoms with Crippen molar-refractivity contribution in [2.24, 2.45) is 0 Å². The number of amides is 1. The van der Waals surface area contributed by atoms with E-state index in [0.717, 1.165) is 0 Å². The predicted molar refractivity (Wildman–Crippen MR) is 64.6 cm³/mol. The van der Waals surface area contributed by atoms with Crippen LogP contribution in [0.2, 0.25) is 0 Å². The SMILES string of the molecule is CNC(=O)Oc1ccc(-c2noc(C(F)(F)F)n2)cc1C. The minimum Gasteiger partial charge on any atom is -0.410 e. The summed E-state index contributed by atoms with van der Waals surface area (Å²) in [7, 11) is 1.41. The predicted octanol–water partition coefficient (Wildman–Crippen LogP) is 2.78. The van der Waals surface area contributed by atoms with Crippen LogP contribution in [0, 0.1) is 6.92 Å². The van der Waals surface area contributed by atoms with Crippen LogP contribution in [0.4, 0.5) is 18.0 Å². The van der Waals surface area contributed by atoms with E-state index in [1.165, 1.54) is 25.2 Å². The molecule has 0 radical (unpaired) electrons. The number of aryl methyl sites for hydroxylation is 1. The summed E-state index contributed by atoms with van der Waals surface area (Å²) in [5.41, 5.74) is 0.852. The van der Waals surface area contributed by atoms with Gasteiger partial charge in [-0.25, -0.2) is 4.79 Å². The molecule has 1 aromatic carbocycles. The molecular weight excluding hydrogens is 291 g/mol. The second-order valence-corrected chi connectivity index (χ2v) is 4.04. The van der Waals surface area contributed by atoms with Gasteiger partial charge in [-0.1, -0.05) is 5.16 Å². The molecule has 0 bridgehead atoms. The van der Waals surface area contributed by atoms with E-state index in [0.29, 0.717) is 11.1 Å². The Balaban J connectivity index is 2.28. The third-order valence-corrected chi connectivity index (χ3v) is 2.51. The lowest BCUT2D eigenvalue weighted by atomic mass is 10.1. The maximum absolute atomic E-state index is 12.4. The molecule has 9 heteroatoms. The number of alkyl halides is 3. The molecule has 0 unspecified atom stereocenters. The number of benzene rings is 1. The summed E-state index contributed by atoms with van der Waals surface area (Å²) < 4.78 is 46.3. The Hall–Kier alpha value is -2.58. The molecule has 6 nitrogen and oxygen atoms in total. The first-order chi connectivity index (χ1) is 9.81. The summed E-state index contributed by atoms with van der Waals surface area (Å²) in [5.74, 6) is -1.34. The molecule has 0 atom stereocenters. The second kappa shape index (κ2) is 5.43. The highest BCUT2D eigenvalue weighted by atomic mass is 19.4. The van der Waals surface area contributed by atoms with Gasteiger partial charge < -0.3 is 14.6 Å². The number of carbonyl (C=O) groups is 1. The Morgan fingerprint density at radius 2 is 2.10 bits per heavy atom. The zero-order chi connectivity index (χ0) is 15.6. The Bertz CT molecular complexity index is 667. The smallest absolute Gasteiger partial charge is 0.410 e. The standard InChI is InChI=1S/C12H10F3N3O3/c1-6-5-7(3-4-8(6)20-11(19)16-2)9-17-10(21-18-9)12(13,14)15/h3-5H,1-2H3,(H,16,19). The average molecular weight is 301 g/mol. The molecule has 0 aliphatic rings. The summed E-state index contributed by atoms with van der Waals surface area (Å²) in [6.45, 7) is 1.63. The molecule has 0 saturated carbocycles. The molecular formula is C12H10F3N3O3. The Morgan fingerprint density at radius 1 is 1.38 bits per heavy atom. The van der Waals surface area contributed by atoms with E-state index in [-0.39, 0.29) is 11.6 Å². The van der Waals surface area contributed by atoms with Crippen molar-refractivity contribution >= 4 is 6.09 Å². The Kier molecular flexibility index (Phi) is 3.83. The van der Waals surface area contributed by atoms with Crippen LogP contribution in [0.3, 0.4) is 0 Å². The van der Waals surface area contributed by atoms with Crippen LogP contribution in [0.1, 0.15) is 11.5 Å². The van der Waals surface area contributed by atoms with Gasteiger partial charge >= 0.3 is 18.2 Å². The summed E-state index contributed by atoms with van der Waals surface area (Å²) in [6, 6.07) is 4.35. The lowest BCUT2D eigenvalue weighted by molar-refractivity contribution is -0.159. The van der Waals surface area contributed by atoms with Gasteiger partial charge in [-0.05, 0) is 30.7 Å². The first-order valence-corrected chi connectivity index (χ1v) is 5.72. The topological polar surface area (TPSA) is 77.2 Å². The van der Waals surface area contributed by atoms with Crippen LogP contribution in [0.15, 0.2) is 22.7 Å². The molecule has 2 aromatic rings. The molecule has 2 rings (SSSR count). The molecule has 1 aromatic heterocycles. The fraction of sp³-hybridized carbons (Fsp3) is 0.250. The van der Waals surface area contributed by atoms with Crippen LogP contribution in [-0.2, 0) is 6.18 Å². The first kappa shape index (κ1) is 14.8. The number of carbonyl (C=O) groups excluding carboxylic acids is 1. The first-order valence-electron chi connectivity index (χ1n) is 5.72. The van der Waals surface area contributed by atoms with Crippen LogP contribution in [0.25, 0.3) is 11.4 Å². The van der Waals surface area contributed by atoms with Gasteiger partial charge in [0.15, 0.2) is 0 Å². The molecule has 0 aliphatic carbocycles. The third kappa shape index (κ3) is 3.30. The van der Waals surface area contributed by atoms with Crippen molar-refractivity contribution in [1.82, 2.24) is 15.5 Å². The van der Waals surface area contributed by atoms with Crippen molar-refractivity contribution < 1.29 is 27.2 Å². The van der Waals surface area contributed by atoms with Crippen LogP contribution in [-0.4, -0.2) is 23.3 Å². The molecule has 0 aliphatic heterocycles. The number of hydrogen-bond donors (Lipinski definition) is 1. The molecule has 112 valence electrons. The summed E-state index contributed by atoms with van der Waals surface area (Å²) >= 11 is 0. The normalized spacial score (nSPS) is 11.3. The van der Waals surface area contributed by atoms with Crippen molar-refractivity contribution in [2.75, 3.05) is 7.05 Å². The average Bonchev–Trinajstić information content (AvgIpc) is 2.90. The molecule has 1 heterocycles. The fourth-order valence-electron chi connectivity index (χ4n) is 1.51. The van der Waals surface area contributed by atoms with Crippen molar-refractivity contribution in [1.29, 1.82) is 0 Å². The number of rotatable bonds is 2. The zero-order valence-electron chi connectivity index (χ0n) is 11.0. The van der Waals surface area contributed by atoms with E-state index >= 15 is 0 Å². The Morgan fingerprint density at radius 3 is 2.62 bits per heavy atom. The van der Waals surface area contributed by atoms with Crippen LogP contribution in [0.5, 0.6) is 5.75 Å². The van der Waals surface area contributed by atoms with Gasteiger partial charge in [0.1, 0.15) is 5.75 Å². The number of hydrogen-bond acceptors (Lipinski definition) is 5. The van der Waals surface area contributed by atoms with E-state index in [2.05, 4.69) is 20.0 Å². The van der Waals surface area contributed by atoms with Gasteiger partial charge in [0.25, 0.3) is 0 Å². The zero-order valence-corrected chi connectivity index (χ0v) is 11.0. The molecule has 0 saturated heterocycles. The minimum absolute atomic E-state index is 0.197. The second-order valence-electron chi connectivity index (χ2n) is 4.04. The maximum atomic E-state index is 12.4. The van der Waals surface area contributed by atoms with Crippen molar-refractivity contribution in [3.05, 3.63) is 29.7 Å². The molecule has 21 heavy (non-hydrogen) atoms. The molecule has 0 fully saturated rings. The number of aromatic nitrogens is 2. The monoisotopic (exact) mass is 301 g/mol. The fourth-order valence-corrected chi connectivity index (χ4v) is 1.51.